The number of aromatic carboxylic acids is 1. The summed E-state index contributed by atoms with van der Waals surface area (Å²) >= 11 is 3.30. The minimum absolute atomic E-state index is 0.206. The summed E-state index contributed by atoms with van der Waals surface area (Å²) in [5, 5.41) is 9.01. The maximum absolute atomic E-state index is 11.0. The first-order valence-corrected chi connectivity index (χ1v) is 6.45. The second kappa shape index (κ2) is 6.64. The topological polar surface area (TPSA) is 46.5 Å². The Hall–Kier alpha value is -1.03. The fourth-order valence-electron chi connectivity index (χ4n) is 1.47. The molecule has 0 aliphatic heterocycles. The molecule has 0 aliphatic carbocycles. The lowest BCUT2D eigenvalue weighted by Crippen LogP contribution is -2.05. The first kappa shape index (κ1) is 14.0. The van der Waals surface area contributed by atoms with E-state index in [4.69, 9.17) is 9.84 Å². The second-order valence-corrected chi connectivity index (χ2v) is 5.25. The van der Waals surface area contributed by atoms with Crippen LogP contribution in [-0.4, -0.2) is 17.7 Å². The average Bonchev–Trinajstić information content (AvgIpc) is 2.23. The molecular formula is C13H17BrO3. The van der Waals surface area contributed by atoms with E-state index in [1.807, 2.05) is 0 Å². The lowest BCUT2D eigenvalue weighted by Gasteiger charge is -2.10. The smallest absolute Gasteiger partial charge is 0.339 e. The Morgan fingerprint density at radius 2 is 2.18 bits per heavy atom. The highest BCUT2D eigenvalue weighted by Crippen LogP contribution is 2.24. The van der Waals surface area contributed by atoms with Crippen molar-refractivity contribution in [1.29, 1.82) is 0 Å². The van der Waals surface area contributed by atoms with Gasteiger partial charge in [-0.25, -0.2) is 4.79 Å². The predicted molar refractivity (Wildman–Crippen MR) is 70.7 cm³/mol. The average molecular weight is 301 g/mol. The summed E-state index contributed by atoms with van der Waals surface area (Å²) in [6, 6.07) is 4.94. The Balaban J connectivity index is 2.62. The number of rotatable bonds is 6. The van der Waals surface area contributed by atoms with Crippen LogP contribution in [-0.2, 0) is 0 Å². The Bertz CT molecular complexity index is 388. The van der Waals surface area contributed by atoms with E-state index in [0.717, 1.165) is 17.3 Å². The minimum atomic E-state index is -0.962. The van der Waals surface area contributed by atoms with E-state index in [9.17, 15) is 4.79 Å². The maximum atomic E-state index is 11.0. The predicted octanol–water partition coefficient (Wildman–Crippen LogP) is 3.96. The highest BCUT2D eigenvalue weighted by molar-refractivity contribution is 9.10. The summed E-state index contributed by atoms with van der Waals surface area (Å²) in [6.45, 7) is 4.86. The van der Waals surface area contributed by atoms with Gasteiger partial charge in [-0.3, -0.25) is 0 Å². The molecule has 0 saturated heterocycles. The summed E-state index contributed by atoms with van der Waals surface area (Å²) < 4.78 is 6.34. The quantitative estimate of drug-likeness (QED) is 0.809. The van der Waals surface area contributed by atoms with Crippen LogP contribution in [0.5, 0.6) is 5.75 Å². The zero-order chi connectivity index (χ0) is 12.8. The van der Waals surface area contributed by atoms with Crippen molar-refractivity contribution in [3.8, 4) is 5.75 Å². The van der Waals surface area contributed by atoms with Gasteiger partial charge in [0.1, 0.15) is 11.3 Å². The Morgan fingerprint density at radius 1 is 1.47 bits per heavy atom. The van der Waals surface area contributed by atoms with E-state index < -0.39 is 5.97 Å². The van der Waals surface area contributed by atoms with E-state index in [0.29, 0.717) is 18.3 Å². The molecule has 0 saturated carbocycles. The van der Waals surface area contributed by atoms with Gasteiger partial charge in [0, 0.05) is 4.47 Å². The summed E-state index contributed by atoms with van der Waals surface area (Å²) in [5.74, 6) is 0.104. The molecule has 0 aromatic heterocycles. The standard InChI is InChI=1S/C13H17BrO3/c1-9(2)4-3-7-17-12-8-10(14)5-6-11(12)13(15)16/h5-6,8-9H,3-4,7H2,1-2H3,(H,15,16). The molecule has 0 atom stereocenters. The zero-order valence-corrected chi connectivity index (χ0v) is 11.7. The third kappa shape index (κ3) is 4.77. The van der Waals surface area contributed by atoms with Crippen molar-refractivity contribution in [1.82, 2.24) is 0 Å². The largest absolute Gasteiger partial charge is 0.493 e. The first-order valence-electron chi connectivity index (χ1n) is 5.66. The van der Waals surface area contributed by atoms with Crippen LogP contribution >= 0.6 is 15.9 Å². The number of benzene rings is 1. The van der Waals surface area contributed by atoms with Crippen LogP contribution in [0, 0.1) is 5.92 Å². The fourth-order valence-corrected chi connectivity index (χ4v) is 1.81. The number of halogens is 1. The molecular weight excluding hydrogens is 284 g/mol. The van der Waals surface area contributed by atoms with Crippen LogP contribution < -0.4 is 4.74 Å². The van der Waals surface area contributed by atoms with Crippen LogP contribution in [0.1, 0.15) is 37.0 Å². The molecule has 1 aromatic rings. The van der Waals surface area contributed by atoms with Crippen molar-refractivity contribution in [2.45, 2.75) is 26.7 Å². The van der Waals surface area contributed by atoms with Crippen molar-refractivity contribution < 1.29 is 14.6 Å². The zero-order valence-electron chi connectivity index (χ0n) is 10.1. The van der Waals surface area contributed by atoms with Gasteiger partial charge in [-0.1, -0.05) is 29.8 Å². The molecule has 0 spiro atoms. The van der Waals surface area contributed by atoms with Crippen LogP contribution in [0.3, 0.4) is 0 Å². The van der Waals surface area contributed by atoms with Gasteiger partial charge in [-0.15, -0.1) is 0 Å². The first-order chi connectivity index (χ1) is 8.00. The molecule has 0 bridgehead atoms. The third-order valence-electron chi connectivity index (χ3n) is 2.36. The normalized spacial score (nSPS) is 10.6. The van der Waals surface area contributed by atoms with Crippen LogP contribution in [0.4, 0.5) is 0 Å². The molecule has 0 heterocycles. The number of hydrogen-bond donors (Lipinski definition) is 1. The van der Waals surface area contributed by atoms with Gasteiger partial charge >= 0.3 is 5.97 Å². The van der Waals surface area contributed by atoms with Crippen LogP contribution in [0.15, 0.2) is 22.7 Å². The molecule has 1 aromatic carbocycles. The molecule has 0 amide bonds. The molecule has 0 fully saturated rings. The Kier molecular flexibility index (Phi) is 5.48. The van der Waals surface area contributed by atoms with Crippen molar-refractivity contribution in [2.75, 3.05) is 6.61 Å². The van der Waals surface area contributed by atoms with Gasteiger partial charge in [-0.05, 0) is 37.0 Å². The molecule has 0 unspecified atom stereocenters. The van der Waals surface area contributed by atoms with Crippen molar-refractivity contribution in [2.24, 2.45) is 5.92 Å². The molecule has 4 heteroatoms. The third-order valence-corrected chi connectivity index (χ3v) is 2.85. The number of carboxylic acid groups (broad SMARTS) is 1. The molecule has 1 rings (SSSR count). The highest BCUT2D eigenvalue weighted by Gasteiger charge is 2.11. The molecule has 1 N–H and O–H groups in total. The van der Waals surface area contributed by atoms with Gasteiger partial charge in [-0.2, -0.15) is 0 Å². The molecule has 3 nitrogen and oxygen atoms in total. The van der Waals surface area contributed by atoms with E-state index >= 15 is 0 Å². The minimum Gasteiger partial charge on any atom is -0.493 e. The van der Waals surface area contributed by atoms with Crippen LogP contribution in [0.25, 0.3) is 0 Å². The number of carboxylic acids is 1. The van der Waals surface area contributed by atoms with Crippen molar-refractivity contribution in [3.05, 3.63) is 28.2 Å². The van der Waals surface area contributed by atoms with Gasteiger partial charge in [0.2, 0.25) is 0 Å². The van der Waals surface area contributed by atoms with Gasteiger partial charge in [0.25, 0.3) is 0 Å². The summed E-state index contributed by atoms with van der Waals surface area (Å²) in [5.41, 5.74) is 0.206. The number of carbonyl (C=O) groups is 1. The summed E-state index contributed by atoms with van der Waals surface area (Å²) in [6.07, 6.45) is 2.01. The van der Waals surface area contributed by atoms with E-state index in [1.165, 1.54) is 0 Å². The fraction of sp³-hybridized carbons (Fsp3) is 0.462. The lowest BCUT2D eigenvalue weighted by molar-refractivity contribution is 0.0692. The van der Waals surface area contributed by atoms with E-state index in [-0.39, 0.29) is 5.56 Å². The SMILES string of the molecule is CC(C)CCCOc1cc(Br)ccc1C(=O)O. The molecule has 17 heavy (non-hydrogen) atoms. The Labute approximate surface area is 110 Å². The number of ether oxygens (including phenoxy) is 1. The number of hydrogen-bond acceptors (Lipinski definition) is 2. The van der Waals surface area contributed by atoms with Crippen molar-refractivity contribution in [3.63, 3.8) is 0 Å². The second-order valence-electron chi connectivity index (χ2n) is 4.33. The summed E-state index contributed by atoms with van der Waals surface area (Å²) in [7, 11) is 0. The van der Waals surface area contributed by atoms with Crippen molar-refractivity contribution >= 4 is 21.9 Å². The maximum Gasteiger partial charge on any atom is 0.339 e. The molecule has 0 aliphatic rings. The van der Waals surface area contributed by atoms with Gasteiger partial charge in [0.15, 0.2) is 0 Å². The Morgan fingerprint density at radius 3 is 2.76 bits per heavy atom. The van der Waals surface area contributed by atoms with E-state index in [2.05, 4.69) is 29.8 Å². The molecule has 94 valence electrons. The lowest BCUT2D eigenvalue weighted by atomic mass is 10.1. The van der Waals surface area contributed by atoms with E-state index in [1.54, 1.807) is 18.2 Å². The summed E-state index contributed by atoms with van der Waals surface area (Å²) in [4.78, 5) is 11.0. The van der Waals surface area contributed by atoms with Gasteiger partial charge < -0.3 is 9.84 Å². The monoisotopic (exact) mass is 300 g/mol. The highest BCUT2D eigenvalue weighted by atomic mass is 79.9. The van der Waals surface area contributed by atoms with Gasteiger partial charge in [0.05, 0.1) is 6.61 Å². The van der Waals surface area contributed by atoms with Crippen LogP contribution in [0.2, 0.25) is 0 Å². The molecule has 0 radical (unpaired) electrons.